The van der Waals surface area contributed by atoms with Crippen molar-refractivity contribution in [2.45, 2.75) is 58.4 Å². The zero-order valence-electron chi connectivity index (χ0n) is 12.2. The summed E-state index contributed by atoms with van der Waals surface area (Å²) in [5.41, 5.74) is 5.83. The summed E-state index contributed by atoms with van der Waals surface area (Å²) in [4.78, 5) is 16.7. The number of rotatable bonds is 6. The van der Waals surface area contributed by atoms with Gasteiger partial charge in [0.05, 0.1) is 5.54 Å². The second-order valence-corrected chi connectivity index (χ2v) is 5.26. The van der Waals surface area contributed by atoms with Gasteiger partial charge in [-0.2, -0.15) is 0 Å². The van der Waals surface area contributed by atoms with E-state index in [4.69, 9.17) is 5.73 Å². The van der Waals surface area contributed by atoms with Crippen LogP contribution in [0.5, 0.6) is 0 Å². The van der Waals surface area contributed by atoms with Crippen LogP contribution in [0.1, 0.15) is 52.9 Å². The van der Waals surface area contributed by atoms with Gasteiger partial charge in [0.15, 0.2) is 0 Å². The normalized spacial score (nSPS) is 16.1. The highest BCUT2D eigenvalue weighted by Crippen LogP contribution is 2.26. The predicted octanol–water partition coefficient (Wildman–Crippen LogP) is 2.43. The van der Waals surface area contributed by atoms with Gasteiger partial charge in [0.1, 0.15) is 0 Å². The molecule has 1 heterocycles. The molecular formula is C14H29N3O. The van der Waals surface area contributed by atoms with Crippen LogP contribution in [0.25, 0.3) is 0 Å². The van der Waals surface area contributed by atoms with E-state index < -0.39 is 0 Å². The van der Waals surface area contributed by atoms with Gasteiger partial charge in [-0.05, 0) is 32.1 Å². The highest BCUT2D eigenvalue weighted by Gasteiger charge is 2.37. The molecule has 4 heteroatoms. The Labute approximate surface area is 111 Å². The van der Waals surface area contributed by atoms with Gasteiger partial charge in [0, 0.05) is 26.2 Å². The Morgan fingerprint density at radius 1 is 1.22 bits per heavy atom. The van der Waals surface area contributed by atoms with Crippen molar-refractivity contribution in [1.82, 2.24) is 9.80 Å². The largest absolute Gasteiger partial charge is 0.328 e. The molecule has 0 bridgehead atoms. The molecule has 106 valence electrons. The summed E-state index contributed by atoms with van der Waals surface area (Å²) in [7, 11) is 0. The Kier molecular flexibility index (Phi) is 5.93. The smallest absolute Gasteiger partial charge is 0.320 e. The Morgan fingerprint density at radius 3 is 2.17 bits per heavy atom. The molecule has 4 nitrogen and oxygen atoms in total. The average Bonchev–Trinajstić information content (AvgIpc) is 2.93. The van der Waals surface area contributed by atoms with Gasteiger partial charge >= 0.3 is 6.03 Å². The summed E-state index contributed by atoms with van der Waals surface area (Å²) in [5.74, 6) is 0. The van der Waals surface area contributed by atoms with Crippen LogP contribution < -0.4 is 5.73 Å². The summed E-state index contributed by atoms with van der Waals surface area (Å²) in [6.45, 7) is 9.58. The third-order valence-electron chi connectivity index (χ3n) is 4.32. The molecule has 0 aromatic carbocycles. The lowest BCUT2D eigenvalue weighted by Gasteiger charge is -2.44. The fourth-order valence-corrected chi connectivity index (χ4v) is 2.87. The number of hydrogen-bond donors (Lipinski definition) is 1. The number of urea groups is 1. The van der Waals surface area contributed by atoms with Gasteiger partial charge in [0.25, 0.3) is 0 Å². The zero-order valence-corrected chi connectivity index (χ0v) is 12.2. The molecule has 2 amide bonds. The van der Waals surface area contributed by atoms with E-state index in [2.05, 4.69) is 20.8 Å². The second kappa shape index (κ2) is 6.98. The second-order valence-electron chi connectivity index (χ2n) is 5.26. The molecular weight excluding hydrogens is 226 g/mol. The van der Waals surface area contributed by atoms with Crippen molar-refractivity contribution in [1.29, 1.82) is 0 Å². The lowest BCUT2D eigenvalue weighted by Crippen LogP contribution is -2.59. The molecule has 0 radical (unpaired) electrons. The van der Waals surface area contributed by atoms with E-state index in [1.165, 1.54) is 0 Å². The van der Waals surface area contributed by atoms with Crippen molar-refractivity contribution in [2.24, 2.45) is 5.73 Å². The molecule has 18 heavy (non-hydrogen) atoms. The number of nitrogens with zero attached hydrogens (tertiary/aromatic N) is 2. The third-order valence-corrected chi connectivity index (χ3v) is 4.32. The van der Waals surface area contributed by atoms with Gasteiger partial charge in [-0.1, -0.05) is 20.8 Å². The number of hydrogen-bond acceptors (Lipinski definition) is 2. The molecule has 0 aromatic heterocycles. The molecule has 1 aliphatic rings. The number of amides is 2. The Balaban J connectivity index is 2.88. The Morgan fingerprint density at radius 2 is 1.78 bits per heavy atom. The minimum atomic E-state index is -0.157. The fraction of sp³-hybridized carbons (Fsp3) is 0.929. The highest BCUT2D eigenvalue weighted by molar-refractivity contribution is 5.75. The molecule has 0 aromatic rings. The van der Waals surface area contributed by atoms with Gasteiger partial charge in [-0.3, -0.25) is 0 Å². The van der Waals surface area contributed by atoms with Crippen LogP contribution in [0.15, 0.2) is 0 Å². The third kappa shape index (κ3) is 2.97. The molecule has 1 saturated heterocycles. The maximum atomic E-state index is 12.7. The first kappa shape index (κ1) is 15.3. The minimum Gasteiger partial charge on any atom is -0.328 e. The minimum absolute atomic E-state index is 0.157. The Hall–Kier alpha value is -0.770. The van der Waals surface area contributed by atoms with Crippen LogP contribution in [-0.2, 0) is 0 Å². The van der Waals surface area contributed by atoms with Crippen molar-refractivity contribution in [3.8, 4) is 0 Å². The van der Waals surface area contributed by atoms with Crippen LogP contribution in [-0.4, -0.2) is 47.5 Å². The standard InChI is InChI=1S/C14H29N3O/c1-4-9-17(14(5-2,6-3)12-15)13(18)16-10-7-8-11-16/h4-12,15H2,1-3H3. The molecule has 0 atom stereocenters. The van der Waals surface area contributed by atoms with Gasteiger partial charge in [0.2, 0.25) is 0 Å². The summed E-state index contributed by atoms with van der Waals surface area (Å²) in [6, 6.07) is 0.198. The van der Waals surface area contributed by atoms with Crippen molar-refractivity contribution >= 4 is 6.03 Å². The molecule has 0 saturated carbocycles. The number of carbonyl (C=O) groups is 1. The quantitative estimate of drug-likeness (QED) is 0.792. The highest BCUT2D eigenvalue weighted by atomic mass is 16.2. The molecule has 2 N–H and O–H groups in total. The van der Waals surface area contributed by atoms with Crippen LogP contribution in [0.3, 0.4) is 0 Å². The van der Waals surface area contributed by atoms with E-state index >= 15 is 0 Å². The Bertz CT molecular complexity index is 250. The van der Waals surface area contributed by atoms with Crippen LogP contribution in [0.4, 0.5) is 4.79 Å². The number of nitrogens with two attached hydrogens (primary N) is 1. The predicted molar refractivity (Wildman–Crippen MR) is 75.6 cm³/mol. The summed E-state index contributed by atoms with van der Waals surface area (Å²) in [6.07, 6.45) is 5.12. The molecule has 1 rings (SSSR count). The number of carbonyl (C=O) groups excluding carboxylic acids is 1. The molecule has 0 aliphatic carbocycles. The first-order valence-corrected chi connectivity index (χ1v) is 7.41. The topological polar surface area (TPSA) is 49.6 Å². The van der Waals surface area contributed by atoms with E-state index in [9.17, 15) is 4.79 Å². The van der Waals surface area contributed by atoms with Crippen molar-refractivity contribution < 1.29 is 4.79 Å². The molecule has 1 fully saturated rings. The van der Waals surface area contributed by atoms with E-state index in [0.29, 0.717) is 6.54 Å². The summed E-state index contributed by atoms with van der Waals surface area (Å²) in [5, 5.41) is 0. The fourth-order valence-electron chi connectivity index (χ4n) is 2.87. The van der Waals surface area contributed by atoms with Gasteiger partial charge in [-0.15, -0.1) is 0 Å². The zero-order chi connectivity index (χ0) is 13.6. The van der Waals surface area contributed by atoms with E-state index in [1.807, 2.05) is 9.80 Å². The monoisotopic (exact) mass is 255 g/mol. The van der Waals surface area contributed by atoms with Crippen LogP contribution in [0.2, 0.25) is 0 Å². The summed E-state index contributed by atoms with van der Waals surface area (Å²) >= 11 is 0. The lowest BCUT2D eigenvalue weighted by molar-refractivity contribution is 0.0858. The number of likely N-dealkylation sites (tertiary alicyclic amines) is 1. The van der Waals surface area contributed by atoms with Gasteiger partial charge in [-0.25, -0.2) is 4.79 Å². The van der Waals surface area contributed by atoms with Crippen LogP contribution >= 0.6 is 0 Å². The first-order valence-electron chi connectivity index (χ1n) is 7.41. The van der Waals surface area contributed by atoms with Gasteiger partial charge < -0.3 is 15.5 Å². The summed E-state index contributed by atoms with van der Waals surface area (Å²) < 4.78 is 0. The molecule has 0 spiro atoms. The maximum absolute atomic E-state index is 12.7. The molecule has 0 unspecified atom stereocenters. The van der Waals surface area contributed by atoms with E-state index in [0.717, 1.165) is 51.7 Å². The van der Waals surface area contributed by atoms with Crippen molar-refractivity contribution in [2.75, 3.05) is 26.2 Å². The first-order chi connectivity index (χ1) is 8.65. The van der Waals surface area contributed by atoms with E-state index in [1.54, 1.807) is 0 Å². The lowest BCUT2D eigenvalue weighted by atomic mass is 9.90. The SMILES string of the molecule is CCCN(C(=O)N1CCCC1)C(CC)(CC)CN. The van der Waals surface area contributed by atoms with Crippen molar-refractivity contribution in [3.63, 3.8) is 0 Å². The van der Waals surface area contributed by atoms with Crippen molar-refractivity contribution in [3.05, 3.63) is 0 Å². The average molecular weight is 255 g/mol. The van der Waals surface area contributed by atoms with E-state index in [-0.39, 0.29) is 11.6 Å². The van der Waals surface area contributed by atoms with Crippen LogP contribution in [0, 0.1) is 0 Å². The molecule has 1 aliphatic heterocycles. The maximum Gasteiger partial charge on any atom is 0.320 e.